The molecule has 218 valence electrons. The van der Waals surface area contributed by atoms with Crippen LogP contribution in [0.15, 0.2) is 0 Å². The molecular weight excluding hydrogens is 464 g/mol. The molecule has 1 atom stereocenters. The minimum atomic E-state index is 0.239. The van der Waals surface area contributed by atoms with E-state index in [0.29, 0.717) is 6.61 Å². The predicted molar refractivity (Wildman–Crippen MR) is 163 cm³/mol. The molecule has 0 spiro atoms. The monoisotopic (exact) mass is 530 g/mol. The highest BCUT2D eigenvalue weighted by Gasteiger charge is 2.07. The van der Waals surface area contributed by atoms with Crippen molar-refractivity contribution in [2.45, 2.75) is 167 Å². The number of thioether (sulfide) groups is 1. The SMILES string of the molecule is CCCCCCCCCCCCCCCCCCOCC(CSCCCCCCCCCCO)OC. The van der Waals surface area contributed by atoms with Crippen LogP contribution < -0.4 is 0 Å². The van der Waals surface area contributed by atoms with Gasteiger partial charge in [-0.1, -0.05) is 142 Å². The molecule has 0 bridgehead atoms. The topological polar surface area (TPSA) is 38.7 Å². The van der Waals surface area contributed by atoms with Gasteiger partial charge in [-0.25, -0.2) is 0 Å². The van der Waals surface area contributed by atoms with E-state index in [4.69, 9.17) is 14.6 Å². The summed E-state index contributed by atoms with van der Waals surface area (Å²) in [5, 5.41) is 8.79. The zero-order valence-electron chi connectivity index (χ0n) is 24.8. The molecule has 0 aliphatic rings. The quantitative estimate of drug-likeness (QED) is 0.0878. The van der Waals surface area contributed by atoms with Crippen LogP contribution in [0.25, 0.3) is 0 Å². The van der Waals surface area contributed by atoms with Gasteiger partial charge in [0.05, 0.1) is 12.7 Å². The molecule has 1 N–H and O–H groups in total. The molecule has 0 amide bonds. The third kappa shape index (κ3) is 30.5. The van der Waals surface area contributed by atoms with Crippen molar-refractivity contribution >= 4 is 11.8 Å². The van der Waals surface area contributed by atoms with Gasteiger partial charge in [-0.05, 0) is 25.0 Å². The number of hydrogen-bond donors (Lipinski definition) is 1. The minimum Gasteiger partial charge on any atom is -0.396 e. The highest BCUT2D eigenvalue weighted by Crippen LogP contribution is 2.15. The van der Waals surface area contributed by atoms with Gasteiger partial charge in [-0.3, -0.25) is 0 Å². The number of hydrogen-bond acceptors (Lipinski definition) is 4. The molecule has 0 aliphatic heterocycles. The average Bonchev–Trinajstić information content (AvgIpc) is 2.89. The first-order valence-corrected chi connectivity index (χ1v) is 17.3. The van der Waals surface area contributed by atoms with Crippen LogP contribution >= 0.6 is 11.8 Å². The van der Waals surface area contributed by atoms with E-state index in [2.05, 4.69) is 6.92 Å². The molecule has 0 saturated carbocycles. The maximum Gasteiger partial charge on any atom is 0.0894 e. The van der Waals surface area contributed by atoms with Crippen LogP contribution in [0.4, 0.5) is 0 Å². The first-order valence-electron chi connectivity index (χ1n) is 16.1. The molecule has 1 unspecified atom stereocenters. The Morgan fingerprint density at radius 2 is 0.972 bits per heavy atom. The second-order valence-corrected chi connectivity index (χ2v) is 12.0. The molecule has 0 radical (unpaired) electrons. The van der Waals surface area contributed by atoms with Crippen molar-refractivity contribution in [2.75, 3.05) is 38.4 Å². The highest BCUT2D eigenvalue weighted by molar-refractivity contribution is 7.99. The van der Waals surface area contributed by atoms with E-state index in [1.54, 1.807) is 0 Å². The lowest BCUT2D eigenvalue weighted by molar-refractivity contribution is 0.0198. The predicted octanol–water partition coefficient (Wildman–Crippen LogP) is 10.1. The van der Waals surface area contributed by atoms with E-state index in [0.717, 1.165) is 25.4 Å². The first kappa shape index (κ1) is 36.2. The number of aliphatic hydroxyl groups is 1. The van der Waals surface area contributed by atoms with Crippen molar-refractivity contribution in [2.24, 2.45) is 0 Å². The van der Waals surface area contributed by atoms with E-state index in [1.807, 2.05) is 18.9 Å². The summed E-state index contributed by atoms with van der Waals surface area (Å²) in [6, 6.07) is 0. The molecular formula is C32H66O3S. The fourth-order valence-corrected chi connectivity index (χ4v) is 5.81. The smallest absolute Gasteiger partial charge is 0.0894 e. The van der Waals surface area contributed by atoms with Crippen LogP contribution in [0.2, 0.25) is 0 Å². The maximum absolute atomic E-state index is 8.79. The maximum atomic E-state index is 8.79. The van der Waals surface area contributed by atoms with E-state index in [1.165, 1.54) is 153 Å². The number of ether oxygens (including phenoxy) is 2. The molecule has 4 heteroatoms. The van der Waals surface area contributed by atoms with Gasteiger partial charge in [-0.15, -0.1) is 0 Å². The third-order valence-corrected chi connectivity index (χ3v) is 8.46. The minimum absolute atomic E-state index is 0.239. The molecule has 0 aliphatic carbocycles. The summed E-state index contributed by atoms with van der Waals surface area (Å²) in [5.41, 5.74) is 0. The van der Waals surface area contributed by atoms with Crippen molar-refractivity contribution in [1.82, 2.24) is 0 Å². The fourth-order valence-electron chi connectivity index (χ4n) is 4.74. The Morgan fingerprint density at radius 3 is 1.42 bits per heavy atom. The van der Waals surface area contributed by atoms with Gasteiger partial charge in [0.2, 0.25) is 0 Å². The number of unbranched alkanes of at least 4 members (excludes halogenated alkanes) is 22. The van der Waals surface area contributed by atoms with E-state index >= 15 is 0 Å². The normalized spacial score (nSPS) is 12.4. The lowest BCUT2D eigenvalue weighted by Gasteiger charge is -2.15. The molecule has 0 heterocycles. The Balaban J connectivity index is 3.24. The first-order chi connectivity index (χ1) is 17.8. The molecule has 0 aromatic carbocycles. The standard InChI is InChI=1S/C32H66O3S/c1-3-4-5-6-7-8-9-10-11-12-13-14-16-19-22-25-28-35-30-32(34-2)31-36-29-26-23-20-17-15-18-21-24-27-33/h32-33H,3-31H2,1-2H3. The summed E-state index contributed by atoms with van der Waals surface area (Å²) in [5.74, 6) is 2.29. The van der Waals surface area contributed by atoms with Crippen molar-refractivity contribution in [3.05, 3.63) is 0 Å². The Bertz CT molecular complexity index is 380. The van der Waals surface area contributed by atoms with Gasteiger partial charge >= 0.3 is 0 Å². The van der Waals surface area contributed by atoms with Gasteiger partial charge in [0, 0.05) is 26.1 Å². The summed E-state index contributed by atoms with van der Waals surface area (Å²) >= 11 is 2.02. The third-order valence-electron chi connectivity index (χ3n) is 7.28. The Hall–Kier alpha value is 0.230. The van der Waals surface area contributed by atoms with Gasteiger partial charge < -0.3 is 14.6 Å². The van der Waals surface area contributed by atoms with Crippen molar-refractivity contribution in [3.8, 4) is 0 Å². The lowest BCUT2D eigenvalue weighted by atomic mass is 10.0. The zero-order valence-corrected chi connectivity index (χ0v) is 25.6. The van der Waals surface area contributed by atoms with Gasteiger partial charge in [0.1, 0.15) is 0 Å². The average molecular weight is 531 g/mol. The van der Waals surface area contributed by atoms with Crippen LogP contribution in [0.5, 0.6) is 0 Å². The molecule has 36 heavy (non-hydrogen) atoms. The zero-order chi connectivity index (χ0) is 26.2. The number of aliphatic hydroxyl groups excluding tert-OH is 1. The molecule has 0 rings (SSSR count). The Morgan fingerprint density at radius 1 is 0.556 bits per heavy atom. The molecule has 0 saturated heterocycles. The van der Waals surface area contributed by atoms with Crippen molar-refractivity contribution in [1.29, 1.82) is 0 Å². The van der Waals surface area contributed by atoms with Gasteiger partial charge in [0.15, 0.2) is 0 Å². The van der Waals surface area contributed by atoms with Gasteiger partial charge in [-0.2, -0.15) is 11.8 Å². The molecule has 0 aromatic heterocycles. The van der Waals surface area contributed by atoms with Crippen LogP contribution in [0.3, 0.4) is 0 Å². The Labute approximate surface area is 231 Å². The number of rotatable bonds is 32. The molecule has 3 nitrogen and oxygen atoms in total. The van der Waals surface area contributed by atoms with Gasteiger partial charge in [0.25, 0.3) is 0 Å². The largest absolute Gasteiger partial charge is 0.396 e. The summed E-state index contributed by atoms with van der Waals surface area (Å²) in [4.78, 5) is 0. The van der Waals surface area contributed by atoms with E-state index in [-0.39, 0.29) is 6.10 Å². The van der Waals surface area contributed by atoms with Crippen molar-refractivity contribution in [3.63, 3.8) is 0 Å². The summed E-state index contributed by atoms with van der Waals surface area (Å²) in [6.07, 6.45) is 33.0. The summed E-state index contributed by atoms with van der Waals surface area (Å²) in [6.45, 7) is 4.28. The van der Waals surface area contributed by atoms with E-state index < -0.39 is 0 Å². The second-order valence-electron chi connectivity index (χ2n) is 10.9. The highest BCUT2D eigenvalue weighted by atomic mass is 32.2. The summed E-state index contributed by atoms with van der Waals surface area (Å²) < 4.78 is 11.5. The number of methoxy groups -OCH3 is 1. The summed E-state index contributed by atoms with van der Waals surface area (Å²) in [7, 11) is 1.82. The van der Waals surface area contributed by atoms with Crippen molar-refractivity contribution < 1.29 is 14.6 Å². The van der Waals surface area contributed by atoms with Crippen LogP contribution in [0.1, 0.15) is 161 Å². The van der Waals surface area contributed by atoms with Crippen LogP contribution in [-0.2, 0) is 9.47 Å². The Kier molecular flexibility index (Phi) is 33.5. The molecule has 0 fully saturated rings. The van der Waals surface area contributed by atoms with Crippen LogP contribution in [-0.4, -0.2) is 49.6 Å². The lowest BCUT2D eigenvalue weighted by Crippen LogP contribution is -2.21. The second kappa shape index (κ2) is 33.3. The fraction of sp³-hybridized carbons (Fsp3) is 1.00. The van der Waals surface area contributed by atoms with Crippen LogP contribution in [0, 0.1) is 0 Å². The van der Waals surface area contributed by atoms with E-state index in [9.17, 15) is 0 Å². The molecule has 0 aromatic rings.